The van der Waals surface area contributed by atoms with Crippen LogP contribution in [-0.2, 0) is 26.6 Å². The van der Waals surface area contributed by atoms with Gasteiger partial charge in [-0.1, -0.05) is 0 Å². The average Bonchev–Trinajstić information content (AvgIpc) is 3.19. The molecule has 1 aromatic heterocycles. The maximum absolute atomic E-state index is 11.6. The first-order valence-corrected chi connectivity index (χ1v) is 11.9. The Kier molecular flexibility index (Phi) is 4.88. The number of ether oxygens (including phenoxy) is 1. The van der Waals surface area contributed by atoms with Gasteiger partial charge in [-0.3, -0.25) is 0 Å². The van der Waals surface area contributed by atoms with E-state index in [1.165, 1.54) is 11.3 Å². The van der Waals surface area contributed by atoms with Gasteiger partial charge in [0, 0.05) is 18.0 Å². The summed E-state index contributed by atoms with van der Waals surface area (Å²) in [6.07, 6.45) is 4.30. The molecule has 4 rings (SSSR count). The fourth-order valence-electron chi connectivity index (χ4n) is 4.50. The molecule has 1 aromatic rings. The Morgan fingerprint density at radius 1 is 1.38 bits per heavy atom. The van der Waals surface area contributed by atoms with E-state index in [9.17, 15) is 18.3 Å². The molecule has 2 saturated heterocycles. The van der Waals surface area contributed by atoms with Crippen LogP contribution in [0.3, 0.4) is 0 Å². The minimum Gasteiger partial charge on any atom is -0.477 e. The zero-order valence-electron chi connectivity index (χ0n) is 14.8. The predicted molar refractivity (Wildman–Crippen MR) is 99.7 cm³/mol. The smallest absolute Gasteiger partial charge is 0.345 e. The zero-order chi connectivity index (χ0) is 18.4. The van der Waals surface area contributed by atoms with Gasteiger partial charge in [-0.25, -0.2) is 13.2 Å². The fraction of sp³-hybridized carbons (Fsp3) is 0.722. The number of likely N-dealkylation sites (tertiary alicyclic amines) is 1. The van der Waals surface area contributed by atoms with Crippen molar-refractivity contribution in [2.24, 2.45) is 5.92 Å². The summed E-state index contributed by atoms with van der Waals surface area (Å²) in [5.41, 5.74) is 0.822. The average molecular weight is 400 g/mol. The molecule has 1 spiro atoms. The van der Waals surface area contributed by atoms with Crippen LogP contribution < -0.4 is 0 Å². The van der Waals surface area contributed by atoms with Crippen LogP contribution in [0.4, 0.5) is 0 Å². The minimum atomic E-state index is -2.79. The molecular weight excluding hydrogens is 374 g/mol. The summed E-state index contributed by atoms with van der Waals surface area (Å²) in [7, 11) is -2.79. The number of carbonyl (C=O) groups is 1. The topological polar surface area (TPSA) is 83.9 Å². The van der Waals surface area contributed by atoms with Crippen LogP contribution in [0, 0.1) is 5.92 Å². The summed E-state index contributed by atoms with van der Waals surface area (Å²) in [5.74, 6) is 0.152. The molecule has 6 nitrogen and oxygen atoms in total. The summed E-state index contributed by atoms with van der Waals surface area (Å²) in [4.78, 5) is 15.2. The zero-order valence-corrected chi connectivity index (χ0v) is 16.4. The molecule has 4 heterocycles. The molecule has 1 atom stereocenters. The molecule has 0 aromatic carbocycles. The second-order valence-electron chi connectivity index (χ2n) is 7.76. The molecule has 0 amide bonds. The van der Waals surface area contributed by atoms with E-state index >= 15 is 0 Å². The Hall–Kier alpha value is -0.960. The van der Waals surface area contributed by atoms with Gasteiger partial charge in [-0.15, -0.1) is 11.3 Å². The van der Waals surface area contributed by atoms with E-state index in [0.717, 1.165) is 62.2 Å². The van der Waals surface area contributed by atoms with E-state index in [1.807, 2.05) is 6.07 Å². The molecule has 3 aliphatic heterocycles. The summed E-state index contributed by atoms with van der Waals surface area (Å²) in [6, 6.07) is 1.82. The van der Waals surface area contributed by atoms with Crippen molar-refractivity contribution in [1.29, 1.82) is 0 Å². The predicted octanol–water partition coefficient (Wildman–Crippen LogP) is 2.13. The Morgan fingerprint density at radius 3 is 2.81 bits per heavy atom. The molecule has 8 heteroatoms. The molecule has 26 heavy (non-hydrogen) atoms. The van der Waals surface area contributed by atoms with E-state index in [1.54, 1.807) is 0 Å². The van der Waals surface area contributed by atoms with Gasteiger partial charge >= 0.3 is 5.97 Å². The third kappa shape index (κ3) is 3.56. The van der Waals surface area contributed by atoms with Crippen LogP contribution in [-0.4, -0.2) is 62.1 Å². The van der Waals surface area contributed by atoms with E-state index in [4.69, 9.17) is 4.74 Å². The lowest BCUT2D eigenvalue weighted by molar-refractivity contribution is -0.0953. The molecule has 1 N–H and O–H groups in total. The van der Waals surface area contributed by atoms with Crippen LogP contribution in [0.15, 0.2) is 6.07 Å². The van der Waals surface area contributed by atoms with Gasteiger partial charge in [0.25, 0.3) is 0 Å². The number of carboxylic acids is 1. The molecular formula is C18H25NO5S2. The van der Waals surface area contributed by atoms with Crippen molar-refractivity contribution < 1.29 is 23.1 Å². The normalized spacial score (nSPS) is 27.5. The van der Waals surface area contributed by atoms with Crippen LogP contribution in [0.2, 0.25) is 0 Å². The second kappa shape index (κ2) is 6.89. The standard InChI is InChI=1S/C18H25NO5S2/c20-17(21)15-11-14-2-9-24-18(16(14)25-15)4-7-19(8-5-18)6-1-13-3-10-26(22,23)12-13/h11,13H,1-10,12H2,(H,20,21). The third-order valence-corrected chi connectivity index (χ3v) is 9.22. The van der Waals surface area contributed by atoms with Gasteiger partial charge in [0.15, 0.2) is 9.84 Å². The second-order valence-corrected chi connectivity index (χ2v) is 11.0. The number of aromatic carboxylic acids is 1. The summed E-state index contributed by atoms with van der Waals surface area (Å²) >= 11 is 1.37. The maximum atomic E-state index is 11.6. The Balaban J connectivity index is 1.37. The molecule has 0 saturated carbocycles. The molecule has 0 bridgehead atoms. The third-order valence-electron chi connectivity index (χ3n) is 6.03. The van der Waals surface area contributed by atoms with E-state index in [2.05, 4.69) is 4.90 Å². The number of fused-ring (bicyclic) bond motifs is 2. The van der Waals surface area contributed by atoms with Crippen LogP contribution in [0.1, 0.15) is 45.8 Å². The largest absolute Gasteiger partial charge is 0.477 e. The van der Waals surface area contributed by atoms with Gasteiger partial charge in [0.05, 0.1) is 18.1 Å². The van der Waals surface area contributed by atoms with Crippen molar-refractivity contribution in [1.82, 2.24) is 4.90 Å². The highest BCUT2D eigenvalue weighted by Gasteiger charge is 2.42. The number of nitrogens with zero attached hydrogens (tertiary/aromatic N) is 1. The van der Waals surface area contributed by atoms with Gasteiger partial charge in [0.2, 0.25) is 0 Å². The van der Waals surface area contributed by atoms with Crippen LogP contribution >= 0.6 is 11.3 Å². The van der Waals surface area contributed by atoms with Gasteiger partial charge < -0.3 is 14.7 Å². The monoisotopic (exact) mass is 399 g/mol. The van der Waals surface area contributed by atoms with Gasteiger partial charge in [-0.2, -0.15) is 0 Å². The van der Waals surface area contributed by atoms with E-state index in [-0.39, 0.29) is 5.60 Å². The lowest BCUT2D eigenvalue weighted by Gasteiger charge is -2.44. The molecule has 144 valence electrons. The highest BCUT2D eigenvalue weighted by Crippen LogP contribution is 2.45. The number of thiophene rings is 1. The van der Waals surface area contributed by atoms with Crippen molar-refractivity contribution in [2.75, 3.05) is 37.7 Å². The Bertz CT molecular complexity index is 793. The molecule has 0 aliphatic carbocycles. The summed E-state index contributed by atoms with van der Waals surface area (Å²) in [5, 5.41) is 9.29. The first-order chi connectivity index (χ1) is 12.4. The van der Waals surface area contributed by atoms with Crippen molar-refractivity contribution in [3.63, 3.8) is 0 Å². The van der Waals surface area contributed by atoms with Crippen LogP contribution in [0.5, 0.6) is 0 Å². The number of hydrogen-bond donors (Lipinski definition) is 1. The van der Waals surface area contributed by atoms with Crippen molar-refractivity contribution in [3.8, 4) is 0 Å². The maximum Gasteiger partial charge on any atom is 0.345 e. The molecule has 0 radical (unpaired) electrons. The van der Waals surface area contributed by atoms with Crippen LogP contribution in [0.25, 0.3) is 0 Å². The Morgan fingerprint density at radius 2 is 2.15 bits per heavy atom. The molecule has 1 unspecified atom stereocenters. The first kappa shape index (κ1) is 18.4. The quantitative estimate of drug-likeness (QED) is 0.835. The number of rotatable bonds is 4. The number of carboxylic acid groups (broad SMARTS) is 1. The minimum absolute atomic E-state index is 0.309. The lowest BCUT2D eigenvalue weighted by atomic mass is 9.85. The number of piperidine rings is 1. The fourth-order valence-corrected chi connectivity index (χ4v) is 7.66. The SMILES string of the molecule is O=C(O)c1cc2c(s1)C1(CCN(CCC3CCS(=O)(=O)C3)CC1)OCC2. The summed E-state index contributed by atoms with van der Waals surface area (Å²) in [6.45, 7) is 3.43. The highest BCUT2D eigenvalue weighted by atomic mass is 32.2. The van der Waals surface area contributed by atoms with Gasteiger partial charge in [0.1, 0.15) is 10.5 Å². The van der Waals surface area contributed by atoms with Crippen molar-refractivity contribution in [3.05, 3.63) is 21.4 Å². The van der Waals surface area contributed by atoms with Crippen molar-refractivity contribution >= 4 is 27.1 Å². The van der Waals surface area contributed by atoms with E-state index in [0.29, 0.717) is 28.9 Å². The van der Waals surface area contributed by atoms with Gasteiger partial charge in [-0.05, 0) is 56.2 Å². The number of hydrogen-bond acceptors (Lipinski definition) is 6. The highest BCUT2D eigenvalue weighted by molar-refractivity contribution is 7.91. The molecule has 2 fully saturated rings. The summed E-state index contributed by atoms with van der Waals surface area (Å²) < 4.78 is 29.4. The lowest BCUT2D eigenvalue weighted by Crippen LogP contribution is -2.46. The number of sulfone groups is 1. The first-order valence-electron chi connectivity index (χ1n) is 9.30. The van der Waals surface area contributed by atoms with E-state index < -0.39 is 15.8 Å². The molecule has 3 aliphatic rings. The Labute approximate surface area is 158 Å². The van der Waals surface area contributed by atoms with Crippen molar-refractivity contribution in [2.45, 2.75) is 37.7 Å².